The lowest BCUT2D eigenvalue weighted by Gasteiger charge is -2.04. The molecule has 0 unspecified atom stereocenters. The molecule has 0 spiro atoms. The maximum absolute atomic E-state index is 10.8. The van der Waals surface area contributed by atoms with Gasteiger partial charge in [-0.3, -0.25) is 19.7 Å². The number of aromatic nitrogens is 1. The summed E-state index contributed by atoms with van der Waals surface area (Å²) in [5.74, 6) is 0. The van der Waals surface area contributed by atoms with E-state index in [1.54, 1.807) is 0 Å². The summed E-state index contributed by atoms with van der Waals surface area (Å²) in [5, 5.41) is 10.6. The molecule has 1 N–H and O–H groups in total. The molecule has 0 atom stereocenters. The molecule has 0 bridgehead atoms. The van der Waals surface area contributed by atoms with Crippen molar-refractivity contribution in [2.75, 3.05) is 0 Å². The molecular weight excluding hydrogens is 236 g/mol. The fourth-order valence-corrected chi connectivity index (χ4v) is 1.74. The van der Waals surface area contributed by atoms with Gasteiger partial charge in [0.2, 0.25) is 0 Å². The van der Waals surface area contributed by atoms with Crippen molar-refractivity contribution in [1.29, 1.82) is 0 Å². The lowest BCUT2D eigenvalue weighted by molar-refractivity contribution is -0.388. The van der Waals surface area contributed by atoms with Crippen molar-refractivity contribution in [2.24, 2.45) is 0 Å². The Kier molecular flexibility index (Phi) is 4.10. The summed E-state index contributed by atoms with van der Waals surface area (Å²) in [4.78, 5) is 12.7. The maximum atomic E-state index is 10.8. The van der Waals surface area contributed by atoms with E-state index >= 15 is 0 Å². The van der Waals surface area contributed by atoms with Crippen molar-refractivity contribution < 1.29 is 17.9 Å². The molecule has 7 nitrogen and oxygen atoms in total. The molecule has 0 radical (unpaired) electrons. The smallest absolute Gasteiger partial charge is 0.282 e. The van der Waals surface area contributed by atoms with E-state index in [9.17, 15) is 18.5 Å². The largest absolute Gasteiger partial charge is 0.302 e. The first kappa shape index (κ1) is 14.5. The molecular formula is C8H12N2O5S. The minimum absolute atomic E-state index is 0. The van der Waals surface area contributed by atoms with Gasteiger partial charge < -0.3 is 0 Å². The molecule has 0 saturated carbocycles. The van der Waals surface area contributed by atoms with E-state index < -0.39 is 25.6 Å². The van der Waals surface area contributed by atoms with Crippen molar-refractivity contribution in [1.82, 2.24) is 4.98 Å². The van der Waals surface area contributed by atoms with Crippen LogP contribution < -0.4 is 0 Å². The van der Waals surface area contributed by atoms with Crippen LogP contribution in [0, 0.1) is 24.0 Å². The minimum Gasteiger partial charge on any atom is -0.282 e. The highest BCUT2D eigenvalue weighted by atomic mass is 32.2. The predicted molar refractivity (Wildman–Crippen MR) is 56.9 cm³/mol. The number of rotatable bonds is 2. The highest BCUT2D eigenvalue weighted by Gasteiger charge is 2.27. The van der Waals surface area contributed by atoms with Crippen LogP contribution in [0.4, 0.5) is 5.69 Å². The van der Waals surface area contributed by atoms with Crippen LogP contribution in [-0.4, -0.2) is 22.9 Å². The molecule has 0 aromatic carbocycles. The minimum atomic E-state index is -4.62. The van der Waals surface area contributed by atoms with Crippen LogP contribution in [0.15, 0.2) is 11.1 Å². The number of hydrogen-bond donors (Lipinski definition) is 1. The number of nitrogens with zero attached hydrogens (tertiary/aromatic N) is 2. The lowest BCUT2D eigenvalue weighted by Crippen LogP contribution is -2.07. The molecule has 0 aliphatic heterocycles. The summed E-state index contributed by atoms with van der Waals surface area (Å²) < 4.78 is 30.4. The molecule has 0 fully saturated rings. The summed E-state index contributed by atoms with van der Waals surface area (Å²) in [7, 11) is -4.62. The second-order valence-electron chi connectivity index (χ2n) is 2.91. The molecule has 0 aliphatic rings. The van der Waals surface area contributed by atoms with E-state index in [4.69, 9.17) is 4.55 Å². The first-order valence-electron chi connectivity index (χ1n) is 3.83. The molecule has 1 aromatic rings. The molecule has 16 heavy (non-hydrogen) atoms. The van der Waals surface area contributed by atoms with Crippen molar-refractivity contribution in [3.05, 3.63) is 27.6 Å². The third-order valence-corrected chi connectivity index (χ3v) is 2.82. The van der Waals surface area contributed by atoms with Gasteiger partial charge in [-0.25, -0.2) is 0 Å². The Morgan fingerprint density at radius 2 is 1.94 bits per heavy atom. The van der Waals surface area contributed by atoms with Gasteiger partial charge in [-0.1, -0.05) is 7.43 Å². The fraction of sp³-hybridized carbons (Fsp3) is 0.375. The first-order chi connectivity index (χ1) is 6.75. The standard InChI is InChI=1S/C7H8N2O5S.CH4/c1-4-5(2)8-3-6(15(12,13)14)7(4)9(10)11;/h3H,1-2H3,(H,12,13,14);1H4. The summed E-state index contributed by atoms with van der Waals surface area (Å²) in [6, 6.07) is 0. The van der Waals surface area contributed by atoms with Crippen LogP contribution in [-0.2, 0) is 10.1 Å². The van der Waals surface area contributed by atoms with Crippen LogP contribution in [0.25, 0.3) is 0 Å². The molecule has 0 aliphatic carbocycles. The second-order valence-corrected chi connectivity index (χ2v) is 4.30. The maximum Gasteiger partial charge on any atom is 0.302 e. The van der Waals surface area contributed by atoms with Gasteiger partial charge in [-0.2, -0.15) is 8.42 Å². The Morgan fingerprint density at radius 1 is 1.44 bits per heavy atom. The van der Waals surface area contributed by atoms with Crippen LogP contribution in [0.1, 0.15) is 18.7 Å². The van der Waals surface area contributed by atoms with Gasteiger partial charge in [0.05, 0.1) is 11.1 Å². The Hall–Kier alpha value is -1.54. The van der Waals surface area contributed by atoms with Gasteiger partial charge in [0.25, 0.3) is 5.69 Å². The second kappa shape index (κ2) is 4.54. The van der Waals surface area contributed by atoms with E-state index in [-0.39, 0.29) is 13.0 Å². The zero-order chi connectivity index (χ0) is 11.8. The summed E-state index contributed by atoms with van der Waals surface area (Å²) in [6.07, 6.45) is 0.774. The topological polar surface area (TPSA) is 110 Å². The van der Waals surface area contributed by atoms with Gasteiger partial charge in [0.1, 0.15) is 0 Å². The van der Waals surface area contributed by atoms with Gasteiger partial charge in [0.15, 0.2) is 4.90 Å². The summed E-state index contributed by atoms with van der Waals surface area (Å²) >= 11 is 0. The summed E-state index contributed by atoms with van der Waals surface area (Å²) in [6.45, 7) is 2.88. The molecule has 0 amide bonds. The Labute approximate surface area is 93.0 Å². The number of aryl methyl sites for hydroxylation is 1. The van der Waals surface area contributed by atoms with Crippen molar-refractivity contribution in [3.63, 3.8) is 0 Å². The molecule has 1 aromatic heterocycles. The van der Waals surface area contributed by atoms with Gasteiger partial charge >= 0.3 is 10.1 Å². The number of pyridine rings is 1. The zero-order valence-corrected chi connectivity index (χ0v) is 8.78. The molecule has 1 heterocycles. The molecule has 0 saturated heterocycles. The Balaban J connectivity index is 0.00000225. The Morgan fingerprint density at radius 3 is 2.31 bits per heavy atom. The normalized spacial score (nSPS) is 10.7. The van der Waals surface area contributed by atoms with E-state index in [1.165, 1.54) is 13.8 Å². The quantitative estimate of drug-likeness (QED) is 0.482. The van der Waals surface area contributed by atoms with Gasteiger partial charge in [-0.05, 0) is 13.8 Å². The first-order valence-corrected chi connectivity index (χ1v) is 5.27. The average Bonchev–Trinajstić information content (AvgIpc) is 2.06. The third kappa shape index (κ3) is 2.52. The molecule has 90 valence electrons. The van der Waals surface area contributed by atoms with Crippen LogP contribution in [0.3, 0.4) is 0 Å². The van der Waals surface area contributed by atoms with Gasteiger partial charge in [-0.15, -0.1) is 0 Å². The van der Waals surface area contributed by atoms with E-state index in [0.717, 1.165) is 6.20 Å². The van der Waals surface area contributed by atoms with Gasteiger partial charge in [0, 0.05) is 11.3 Å². The van der Waals surface area contributed by atoms with E-state index in [0.29, 0.717) is 5.69 Å². The van der Waals surface area contributed by atoms with Crippen LogP contribution in [0.5, 0.6) is 0 Å². The number of nitro groups is 1. The lowest BCUT2D eigenvalue weighted by atomic mass is 10.2. The molecule has 1 rings (SSSR count). The Bertz CT molecular complexity index is 523. The van der Waals surface area contributed by atoms with Crippen molar-refractivity contribution in [2.45, 2.75) is 26.2 Å². The number of hydrogen-bond acceptors (Lipinski definition) is 5. The van der Waals surface area contributed by atoms with Crippen LogP contribution >= 0.6 is 0 Å². The van der Waals surface area contributed by atoms with E-state index in [1.807, 2.05) is 0 Å². The van der Waals surface area contributed by atoms with E-state index in [2.05, 4.69) is 4.98 Å². The summed E-state index contributed by atoms with van der Waals surface area (Å²) in [5.41, 5.74) is -0.172. The highest BCUT2D eigenvalue weighted by Crippen LogP contribution is 2.27. The predicted octanol–water partition coefficient (Wildman–Crippen LogP) is 1.49. The zero-order valence-electron chi connectivity index (χ0n) is 7.96. The SMILES string of the molecule is C.Cc1ncc(S(=O)(=O)O)c([N+](=O)[O-])c1C. The van der Waals surface area contributed by atoms with Crippen LogP contribution in [0.2, 0.25) is 0 Å². The van der Waals surface area contributed by atoms with Crippen molar-refractivity contribution >= 4 is 15.8 Å². The fourth-order valence-electron chi connectivity index (χ4n) is 1.09. The average molecular weight is 248 g/mol. The monoisotopic (exact) mass is 248 g/mol. The third-order valence-electron chi connectivity index (χ3n) is 1.97. The molecule has 8 heteroatoms. The highest BCUT2D eigenvalue weighted by molar-refractivity contribution is 7.86. The van der Waals surface area contributed by atoms with Crippen molar-refractivity contribution in [3.8, 4) is 0 Å².